The fraction of sp³-hybridized carbons (Fsp3) is 0.667. The number of methoxy groups -OCH3 is 1. The van der Waals surface area contributed by atoms with E-state index in [0.29, 0.717) is 25.7 Å². The molecule has 0 aromatic heterocycles. The zero-order valence-electron chi connectivity index (χ0n) is 10.1. The number of rotatable bonds is 7. The number of carboxylic acids is 1. The summed E-state index contributed by atoms with van der Waals surface area (Å²) in [6, 6.07) is -0.867. The van der Waals surface area contributed by atoms with Crippen LogP contribution in [0.1, 0.15) is 32.1 Å². The third-order valence-corrected chi connectivity index (χ3v) is 3.23. The van der Waals surface area contributed by atoms with Crippen molar-refractivity contribution in [3.63, 3.8) is 0 Å². The van der Waals surface area contributed by atoms with E-state index in [1.54, 1.807) is 6.08 Å². The van der Waals surface area contributed by atoms with Crippen LogP contribution in [-0.4, -0.2) is 35.7 Å². The predicted molar refractivity (Wildman–Crippen MR) is 62.6 cm³/mol. The van der Waals surface area contributed by atoms with E-state index in [4.69, 9.17) is 9.84 Å². The van der Waals surface area contributed by atoms with Crippen LogP contribution in [0.4, 0.5) is 0 Å². The quantitative estimate of drug-likeness (QED) is 0.654. The molecule has 0 aliphatic heterocycles. The monoisotopic (exact) mass is 241 g/mol. The predicted octanol–water partition coefficient (Wildman–Crippen LogP) is 1.09. The fourth-order valence-corrected chi connectivity index (χ4v) is 1.85. The lowest BCUT2D eigenvalue weighted by atomic mass is 9.79. The summed E-state index contributed by atoms with van der Waals surface area (Å²) in [4.78, 5) is 22.9. The van der Waals surface area contributed by atoms with E-state index < -0.39 is 17.6 Å². The van der Waals surface area contributed by atoms with Gasteiger partial charge in [0.15, 0.2) is 0 Å². The Balaban J connectivity index is 2.57. The largest absolute Gasteiger partial charge is 0.480 e. The van der Waals surface area contributed by atoms with Crippen LogP contribution in [0.25, 0.3) is 0 Å². The highest BCUT2D eigenvalue weighted by atomic mass is 16.5. The molecule has 0 heterocycles. The number of hydrogen-bond acceptors (Lipinski definition) is 3. The second kappa shape index (κ2) is 5.82. The van der Waals surface area contributed by atoms with Crippen LogP contribution in [0.3, 0.4) is 0 Å². The van der Waals surface area contributed by atoms with Crippen molar-refractivity contribution in [3.05, 3.63) is 12.7 Å². The van der Waals surface area contributed by atoms with E-state index in [2.05, 4.69) is 11.9 Å². The number of hydrogen-bond donors (Lipinski definition) is 2. The number of carbonyl (C=O) groups is 2. The highest BCUT2D eigenvalue weighted by Crippen LogP contribution is 2.35. The molecule has 0 saturated heterocycles. The number of amides is 1. The van der Waals surface area contributed by atoms with Crippen LogP contribution in [0.15, 0.2) is 12.7 Å². The molecule has 1 amide bonds. The summed E-state index contributed by atoms with van der Waals surface area (Å²) in [5.41, 5.74) is -0.804. The minimum absolute atomic E-state index is 0.317. The number of ether oxygens (including phenoxy) is 1. The van der Waals surface area contributed by atoms with Crippen molar-refractivity contribution >= 4 is 11.9 Å². The van der Waals surface area contributed by atoms with E-state index in [1.165, 1.54) is 7.11 Å². The number of aliphatic carboxylic acids is 1. The van der Waals surface area contributed by atoms with E-state index >= 15 is 0 Å². The van der Waals surface area contributed by atoms with Gasteiger partial charge in [0.05, 0.1) is 0 Å². The van der Waals surface area contributed by atoms with Gasteiger partial charge in [-0.2, -0.15) is 0 Å². The van der Waals surface area contributed by atoms with Gasteiger partial charge in [-0.15, -0.1) is 6.58 Å². The molecular weight excluding hydrogens is 222 g/mol. The van der Waals surface area contributed by atoms with E-state index in [-0.39, 0.29) is 5.91 Å². The molecule has 1 saturated carbocycles. The van der Waals surface area contributed by atoms with Gasteiger partial charge in [-0.25, -0.2) is 4.79 Å². The molecule has 17 heavy (non-hydrogen) atoms. The first-order valence-electron chi connectivity index (χ1n) is 5.75. The molecule has 0 radical (unpaired) electrons. The third-order valence-electron chi connectivity index (χ3n) is 3.23. The molecule has 1 rings (SSSR count). The summed E-state index contributed by atoms with van der Waals surface area (Å²) in [6.07, 6.45) is 4.79. The zero-order chi connectivity index (χ0) is 12.9. The molecule has 0 bridgehead atoms. The van der Waals surface area contributed by atoms with Crippen molar-refractivity contribution < 1.29 is 19.4 Å². The van der Waals surface area contributed by atoms with Gasteiger partial charge in [0.2, 0.25) is 0 Å². The van der Waals surface area contributed by atoms with E-state index in [0.717, 1.165) is 6.42 Å². The molecule has 0 aromatic rings. The van der Waals surface area contributed by atoms with Gasteiger partial charge < -0.3 is 15.2 Å². The Morgan fingerprint density at radius 3 is 2.59 bits per heavy atom. The van der Waals surface area contributed by atoms with Gasteiger partial charge in [0.25, 0.3) is 5.91 Å². The van der Waals surface area contributed by atoms with E-state index in [9.17, 15) is 9.59 Å². The van der Waals surface area contributed by atoms with Crippen molar-refractivity contribution in [1.82, 2.24) is 5.32 Å². The van der Waals surface area contributed by atoms with Gasteiger partial charge in [-0.1, -0.05) is 6.08 Å². The highest BCUT2D eigenvalue weighted by Gasteiger charge is 2.45. The summed E-state index contributed by atoms with van der Waals surface area (Å²) in [7, 11) is 1.48. The van der Waals surface area contributed by atoms with Crippen molar-refractivity contribution in [3.8, 4) is 0 Å². The molecule has 2 N–H and O–H groups in total. The van der Waals surface area contributed by atoms with Crippen LogP contribution >= 0.6 is 0 Å². The average molecular weight is 241 g/mol. The molecular formula is C12H19NO4. The van der Waals surface area contributed by atoms with Crippen LogP contribution in [0.5, 0.6) is 0 Å². The maximum atomic E-state index is 11.9. The van der Waals surface area contributed by atoms with Gasteiger partial charge in [0.1, 0.15) is 11.6 Å². The lowest BCUT2D eigenvalue weighted by Crippen LogP contribution is -2.56. The summed E-state index contributed by atoms with van der Waals surface area (Å²) in [5, 5.41) is 11.5. The topological polar surface area (TPSA) is 75.6 Å². The Morgan fingerprint density at radius 1 is 1.59 bits per heavy atom. The lowest BCUT2D eigenvalue weighted by Gasteiger charge is -2.39. The van der Waals surface area contributed by atoms with Crippen molar-refractivity contribution in [2.24, 2.45) is 0 Å². The number of carboxylic acid groups (broad SMARTS) is 1. The molecule has 1 fully saturated rings. The minimum Gasteiger partial charge on any atom is -0.480 e. The second-order valence-corrected chi connectivity index (χ2v) is 4.28. The molecule has 5 nitrogen and oxygen atoms in total. The molecule has 96 valence electrons. The van der Waals surface area contributed by atoms with Gasteiger partial charge in [0, 0.05) is 7.11 Å². The molecule has 1 aliphatic rings. The maximum absolute atomic E-state index is 11.9. The SMILES string of the molecule is C=CCCC(NC(=O)C1(OC)CCC1)C(=O)O. The van der Waals surface area contributed by atoms with Gasteiger partial charge >= 0.3 is 5.97 Å². The lowest BCUT2D eigenvalue weighted by molar-refractivity contribution is -0.158. The van der Waals surface area contributed by atoms with Crippen LogP contribution in [-0.2, 0) is 14.3 Å². The summed E-state index contributed by atoms with van der Waals surface area (Å²) in [5.74, 6) is -1.34. The first kappa shape index (κ1) is 13.7. The van der Waals surface area contributed by atoms with Gasteiger partial charge in [-0.3, -0.25) is 4.79 Å². The summed E-state index contributed by atoms with van der Waals surface area (Å²) in [6.45, 7) is 3.53. The molecule has 1 atom stereocenters. The summed E-state index contributed by atoms with van der Waals surface area (Å²) >= 11 is 0. The van der Waals surface area contributed by atoms with E-state index in [1.807, 2.05) is 0 Å². The Morgan fingerprint density at radius 2 is 2.24 bits per heavy atom. The third kappa shape index (κ3) is 3.06. The zero-order valence-corrected chi connectivity index (χ0v) is 10.1. The van der Waals surface area contributed by atoms with Crippen molar-refractivity contribution in [2.75, 3.05) is 7.11 Å². The Hall–Kier alpha value is -1.36. The van der Waals surface area contributed by atoms with Gasteiger partial charge in [-0.05, 0) is 32.1 Å². The first-order valence-corrected chi connectivity index (χ1v) is 5.75. The van der Waals surface area contributed by atoms with Crippen LogP contribution in [0, 0.1) is 0 Å². The Bertz CT molecular complexity index is 304. The molecule has 5 heteroatoms. The number of allylic oxidation sites excluding steroid dienone is 1. The highest BCUT2D eigenvalue weighted by molar-refractivity contribution is 5.90. The Labute approximate surface area is 101 Å². The number of carbonyl (C=O) groups excluding carboxylic acids is 1. The number of nitrogens with one attached hydrogen (secondary N) is 1. The molecule has 1 unspecified atom stereocenters. The van der Waals surface area contributed by atoms with Crippen molar-refractivity contribution in [1.29, 1.82) is 0 Å². The Kier molecular flexibility index (Phi) is 4.69. The molecule has 0 aromatic carbocycles. The van der Waals surface area contributed by atoms with Crippen LogP contribution in [0.2, 0.25) is 0 Å². The summed E-state index contributed by atoms with van der Waals surface area (Å²) < 4.78 is 5.20. The minimum atomic E-state index is -1.02. The standard InChI is InChI=1S/C12H19NO4/c1-3-4-6-9(10(14)15)13-11(16)12(17-2)7-5-8-12/h3,9H,1,4-8H2,2H3,(H,13,16)(H,14,15). The van der Waals surface area contributed by atoms with Crippen molar-refractivity contribution in [2.45, 2.75) is 43.7 Å². The molecule has 0 spiro atoms. The maximum Gasteiger partial charge on any atom is 0.326 e. The second-order valence-electron chi connectivity index (χ2n) is 4.28. The smallest absolute Gasteiger partial charge is 0.326 e. The normalized spacial score (nSPS) is 18.9. The fourth-order valence-electron chi connectivity index (χ4n) is 1.85. The van der Waals surface area contributed by atoms with Crippen LogP contribution < -0.4 is 5.32 Å². The molecule has 1 aliphatic carbocycles. The average Bonchev–Trinajstić information content (AvgIpc) is 2.23. The first-order chi connectivity index (χ1) is 8.05.